The zero-order valence-corrected chi connectivity index (χ0v) is 15.5. The molecule has 1 amide bonds. The number of carbonyl (C=O) groups excluding carboxylic acids is 1. The van der Waals surface area contributed by atoms with Crippen LogP contribution < -0.4 is 5.32 Å². The molecule has 0 saturated carbocycles. The number of aryl methyl sites for hydroxylation is 1. The van der Waals surface area contributed by atoms with Crippen LogP contribution >= 0.6 is 0 Å². The van der Waals surface area contributed by atoms with E-state index in [4.69, 9.17) is 4.52 Å². The van der Waals surface area contributed by atoms with Crippen molar-refractivity contribution in [3.05, 3.63) is 52.4 Å². The Morgan fingerprint density at radius 3 is 2.72 bits per heavy atom. The molecule has 25 heavy (non-hydrogen) atoms. The van der Waals surface area contributed by atoms with Crippen molar-refractivity contribution >= 4 is 5.91 Å². The molecule has 0 bridgehead atoms. The van der Waals surface area contributed by atoms with E-state index < -0.39 is 0 Å². The number of benzene rings is 1. The maximum atomic E-state index is 12.6. The first kappa shape index (κ1) is 17.7. The number of carbonyl (C=O) groups is 1. The molecule has 0 aliphatic carbocycles. The number of aromatic nitrogens is 1. The van der Waals surface area contributed by atoms with Gasteiger partial charge in [-0.15, -0.1) is 0 Å². The number of hydrogen-bond donors (Lipinski definition) is 1. The summed E-state index contributed by atoms with van der Waals surface area (Å²) < 4.78 is 5.32. The summed E-state index contributed by atoms with van der Waals surface area (Å²) in [5.41, 5.74) is 4.08. The van der Waals surface area contributed by atoms with E-state index >= 15 is 0 Å². The van der Waals surface area contributed by atoms with E-state index in [1.807, 2.05) is 20.8 Å². The molecule has 1 aliphatic rings. The number of fused-ring (bicyclic) bond motifs is 1. The molecular weight excluding hydrogens is 314 g/mol. The first-order valence-electron chi connectivity index (χ1n) is 9.02. The van der Waals surface area contributed by atoms with Gasteiger partial charge in [-0.2, -0.15) is 0 Å². The molecule has 3 rings (SSSR count). The largest absolute Gasteiger partial charge is 0.360 e. The molecule has 5 heteroatoms. The van der Waals surface area contributed by atoms with Crippen LogP contribution in [0.4, 0.5) is 0 Å². The van der Waals surface area contributed by atoms with Crippen LogP contribution in [0.2, 0.25) is 0 Å². The number of nitrogens with zero attached hydrogens (tertiary/aromatic N) is 2. The van der Waals surface area contributed by atoms with E-state index in [0.29, 0.717) is 23.6 Å². The maximum absolute atomic E-state index is 12.6. The van der Waals surface area contributed by atoms with Gasteiger partial charge in [0.1, 0.15) is 5.56 Å². The van der Waals surface area contributed by atoms with E-state index in [1.54, 1.807) is 0 Å². The summed E-state index contributed by atoms with van der Waals surface area (Å²) in [4.78, 5) is 15.0. The molecule has 1 aromatic heterocycles. The van der Waals surface area contributed by atoms with Gasteiger partial charge in [0.25, 0.3) is 5.91 Å². The predicted octanol–water partition coefficient (Wildman–Crippen LogP) is 3.28. The summed E-state index contributed by atoms with van der Waals surface area (Å²) in [6.07, 6.45) is 1.07. The van der Waals surface area contributed by atoms with E-state index in [2.05, 4.69) is 46.6 Å². The van der Waals surface area contributed by atoms with E-state index in [0.717, 1.165) is 19.5 Å². The Hall–Kier alpha value is -2.14. The third-order valence-corrected chi connectivity index (χ3v) is 4.98. The monoisotopic (exact) mass is 341 g/mol. The van der Waals surface area contributed by atoms with Crippen molar-refractivity contribution in [1.82, 2.24) is 15.4 Å². The van der Waals surface area contributed by atoms with E-state index in [1.165, 1.54) is 11.1 Å². The lowest BCUT2D eigenvalue weighted by Gasteiger charge is -2.33. The molecule has 0 saturated heterocycles. The highest BCUT2D eigenvalue weighted by Gasteiger charge is 2.24. The van der Waals surface area contributed by atoms with Gasteiger partial charge in [-0.1, -0.05) is 43.3 Å². The molecule has 1 atom stereocenters. The molecule has 1 aliphatic heterocycles. The van der Waals surface area contributed by atoms with Crippen molar-refractivity contribution in [3.63, 3.8) is 0 Å². The molecule has 1 N–H and O–H groups in total. The van der Waals surface area contributed by atoms with Crippen LogP contribution in [0.5, 0.6) is 0 Å². The highest BCUT2D eigenvalue weighted by atomic mass is 16.5. The van der Waals surface area contributed by atoms with Gasteiger partial charge in [-0.05, 0) is 31.4 Å². The standard InChI is InChI=1S/C20H27N3O2/c1-13(2)19-18(15(4)22-25-19)20(24)21-11-14(3)23-10-9-16-7-5-6-8-17(16)12-23/h5-8,13-14H,9-12H2,1-4H3,(H,21,24). The summed E-state index contributed by atoms with van der Waals surface area (Å²) in [7, 11) is 0. The van der Waals surface area contributed by atoms with Crippen molar-refractivity contribution in [1.29, 1.82) is 0 Å². The summed E-state index contributed by atoms with van der Waals surface area (Å²) in [6.45, 7) is 10.6. The Balaban J connectivity index is 1.61. The molecule has 2 heterocycles. The lowest BCUT2D eigenvalue weighted by molar-refractivity contribution is 0.0929. The van der Waals surface area contributed by atoms with Gasteiger partial charge in [-0.3, -0.25) is 9.69 Å². The van der Waals surface area contributed by atoms with Crippen LogP contribution in [0.3, 0.4) is 0 Å². The Bertz CT molecular complexity index is 751. The van der Waals surface area contributed by atoms with Gasteiger partial charge in [0.15, 0.2) is 5.76 Å². The van der Waals surface area contributed by atoms with Crippen LogP contribution in [0.25, 0.3) is 0 Å². The van der Waals surface area contributed by atoms with Gasteiger partial charge in [0.05, 0.1) is 5.69 Å². The Morgan fingerprint density at radius 1 is 1.28 bits per heavy atom. The average molecular weight is 341 g/mol. The van der Waals surface area contributed by atoms with Crippen molar-refractivity contribution in [2.24, 2.45) is 0 Å². The van der Waals surface area contributed by atoms with Crippen LogP contribution in [0, 0.1) is 6.92 Å². The normalized spacial score (nSPS) is 15.9. The minimum Gasteiger partial charge on any atom is -0.360 e. The SMILES string of the molecule is Cc1noc(C(C)C)c1C(=O)NCC(C)N1CCc2ccccc2C1. The second-order valence-electron chi connectivity index (χ2n) is 7.21. The third kappa shape index (κ3) is 3.76. The van der Waals surface area contributed by atoms with Crippen molar-refractivity contribution in [3.8, 4) is 0 Å². The zero-order valence-electron chi connectivity index (χ0n) is 15.5. The molecule has 1 unspecified atom stereocenters. The van der Waals surface area contributed by atoms with Crippen molar-refractivity contribution < 1.29 is 9.32 Å². The predicted molar refractivity (Wildman–Crippen MR) is 97.7 cm³/mol. The number of rotatable bonds is 5. The second kappa shape index (κ2) is 7.40. The molecule has 0 radical (unpaired) electrons. The molecular formula is C20H27N3O2. The van der Waals surface area contributed by atoms with Crippen LogP contribution in [-0.4, -0.2) is 35.1 Å². The second-order valence-corrected chi connectivity index (χ2v) is 7.21. The van der Waals surface area contributed by atoms with E-state index in [-0.39, 0.29) is 17.9 Å². The van der Waals surface area contributed by atoms with Gasteiger partial charge in [-0.25, -0.2) is 0 Å². The molecule has 2 aromatic rings. The summed E-state index contributed by atoms with van der Waals surface area (Å²) in [6, 6.07) is 8.88. The first-order valence-corrected chi connectivity index (χ1v) is 9.02. The van der Waals surface area contributed by atoms with Crippen LogP contribution in [0.15, 0.2) is 28.8 Å². The summed E-state index contributed by atoms with van der Waals surface area (Å²) in [5, 5.41) is 7.02. The zero-order chi connectivity index (χ0) is 18.0. The van der Waals surface area contributed by atoms with Crippen molar-refractivity contribution in [2.75, 3.05) is 13.1 Å². The van der Waals surface area contributed by atoms with Crippen molar-refractivity contribution in [2.45, 2.75) is 52.6 Å². The Kier molecular flexibility index (Phi) is 5.23. The fraction of sp³-hybridized carbons (Fsp3) is 0.500. The minimum absolute atomic E-state index is 0.0910. The first-order chi connectivity index (χ1) is 12.0. The topological polar surface area (TPSA) is 58.4 Å². The van der Waals surface area contributed by atoms with Gasteiger partial charge < -0.3 is 9.84 Å². The van der Waals surface area contributed by atoms with Gasteiger partial charge >= 0.3 is 0 Å². The third-order valence-electron chi connectivity index (χ3n) is 4.98. The molecule has 1 aromatic carbocycles. The fourth-order valence-electron chi connectivity index (χ4n) is 3.41. The number of hydrogen-bond acceptors (Lipinski definition) is 4. The number of amides is 1. The van der Waals surface area contributed by atoms with E-state index in [9.17, 15) is 4.79 Å². The van der Waals surface area contributed by atoms with Gasteiger partial charge in [0.2, 0.25) is 0 Å². The maximum Gasteiger partial charge on any atom is 0.256 e. The minimum atomic E-state index is -0.0910. The van der Waals surface area contributed by atoms with Gasteiger partial charge in [0, 0.05) is 31.6 Å². The molecule has 5 nitrogen and oxygen atoms in total. The lowest BCUT2D eigenvalue weighted by atomic mass is 9.99. The highest BCUT2D eigenvalue weighted by molar-refractivity contribution is 5.96. The average Bonchev–Trinajstić information content (AvgIpc) is 3.01. The highest BCUT2D eigenvalue weighted by Crippen LogP contribution is 2.23. The Morgan fingerprint density at radius 2 is 2.00 bits per heavy atom. The molecule has 134 valence electrons. The smallest absolute Gasteiger partial charge is 0.256 e. The van der Waals surface area contributed by atoms with Crippen LogP contribution in [-0.2, 0) is 13.0 Å². The summed E-state index contributed by atoms with van der Waals surface area (Å²) >= 11 is 0. The fourth-order valence-corrected chi connectivity index (χ4v) is 3.41. The number of nitrogens with one attached hydrogen (secondary N) is 1. The Labute approximate surface area is 149 Å². The summed E-state index contributed by atoms with van der Waals surface area (Å²) in [5.74, 6) is 0.708. The molecule has 0 fully saturated rings. The van der Waals surface area contributed by atoms with Crippen LogP contribution in [0.1, 0.15) is 59.6 Å². The quantitative estimate of drug-likeness (QED) is 0.907. The lowest BCUT2D eigenvalue weighted by Crippen LogP contribution is -2.44. The molecule has 0 spiro atoms.